The largest absolute Gasteiger partial charge is 0.338 e. The molecule has 3 N–H and O–H groups in total. The molecular weight excluding hydrogens is 306 g/mol. The zero-order chi connectivity index (χ0) is 15.7. The van der Waals surface area contributed by atoms with Crippen LogP contribution in [0.5, 0.6) is 0 Å². The molecule has 0 atom stereocenters. The first-order valence-corrected chi connectivity index (χ1v) is 8.01. The van der Waals surface area contributed by atoms with E-state index < -0.39 is 9.84 Å². The van der Waals surface area contributed by atoms with Crippen molar-refractivity contribution in [3.8, 4) is 0 Å². The molecule has 0 saturated carbocycles. The summed E-state index contributed by atoms with van der Waals surface area (Å²) in [7, 11) is -3.54. The standard InChI is InChI=1S/C12H11N7O2S/c1-22(20,21)12-14-6-7-10(17-12)15-8-4-2-3-5-9(8)16-11(7)18-19-13/h2-6H,1H3,(H2,13,16,18)(H,14,15,17). The summed E-state index contributed by atoms with van der Waals surface area (Å²) in [5, 5.41) is 9.74. The van der Waals surface area contributed by atoms with Crippen LogP contribution in [-0.4, -0.2) is 30.5 Å². The number of amidine groups is 1. The van der Waals surface area contributed by atoms with Crippen molar-refractivity contribution in [1.82, 2.24) is 9.97 Å². The second-order valence-electron chi connectivity index (χ2n) is 4.48. The van der Waals surface area contributed by atoms with Crippen LogP contribution in [0.2, 0.25) is 0 Å². The Hall–Kier alpha value is -2.88. The Morgan fingerprint density at radius 2 is 2.05 bits per heavy atom. The Morgan fingerprint density at radius 1 is 1.27 bits per heavy atom. The Kier molecular flexibility index (Phi) is 3.29. The van der Waals surface area contributed by atoms with E-state index in [0.29, 0.717) is 16.9 Å². The fraction of sp³-hybridized carbons (Fsp3) is 0.0833. The lowest BCUT2D eigenvalue weighted by atomic mass is 10.2. The lowest BCUT2D eigenvalue weighted by Gasteiger charge is -2.08. The third kappa shape index (κ3) is 2.51. The predicted molar refractivity (Wildman–Crippen MR) is 80.1 cm³/mol. The van der Waals surface area contributed by atoms with E-state index in [9.17, 15) is 8.42 Å². The average Bonchev–Trinajstić information content (AvgIpc) is 2.62. The van der Waals surface area contributed by atoms with Gasteiger partial charge in [-0.05, 0) is 12.1 Å². The lowest BCUT2D eigenvalue weighted by Crippen LogP contribution is -2.10. The van der Waals surface area contributed by atoms with E-state index in [4.69, 9.17) is 5.84 Å². The van der Waals surface area contributed by atoms with Crippen molar-refractivity contribution in [2.45, 2.75) is 5.16 Å². The molecule has 0 bridgehead atoms. The molecule has 0 unspecified atom stereocenters. The van der Waals surface area contributed by atoms with Gasteiger partial charge in [-0.2, -0.15) is 0 Å². The topological polar surface area (TPSA) is 135 Å². The van der Waals surface area contributed by atoms with Gasteiger partial charge in [0.15, 0.2) is 5.84 Å². The summed E-state index contributed by atoms with van der Waals surface area (Å²) in [6, 6.07) is 7.18. The summed E-state index contributed by atoms with van der Waals surface area (Å²) < 4.78 is 23.2. The van der Waals surface area contributed by atoms with Crippen molar-refractivity contribution >= 4 is 32.9 Å². The van der Waals surface area contributed by atoms with Crippen LogP contribution in [0.4, 0.5) is 17.2 Å². The first-order valence-electron chi connectivity index (χ1n) is 6.12. The molecule has 2 heterocycles. The van der Waals surface area contributed by atoms with E-state index in [-0.39, 0.29) is 16.8 Å². The van der Waals surface area contributed by atoms with Gasteiger partial charge in [-0.1, -0.05) is 17.4 Å². The second-order valence-corrected chi connectivity index (χ2v) is 6.39. The molecule has 0 saturated heterocycles. The highest BCUT2D eigenvalue weighted by Gasteiger charge is 2.21. The Balaban J connectivity index is 2.26. The summed E-state index contributed by atoms with van der Waals surface area (Å²) in [6.07, 6.45) is 2.36. The fourth-order valence-electron chi connectivity index (χ4n) is 1.91. The first-order chi connectivity index (χ1) is 10.5. The Labute approximate surface area is 125 Å². The smallest absolute Gasteiger partial charge is 0.248 e. The van der Waals surface area contributed by atoms with E-state index in [1.807, 2.05) is 12.1 Å². The highest BCUT2D eigenvalue weighted by Crippen LogP contribution is 2.33. The summed E-state index contributed by atoms with van der Waals surface area (Å²) in [6.45, 7) is 0. The third-order valence-electron chi connectivity index (χ3n) is 2.88. The van der Waals surface area contributed by atoms with Gasteiger partial charge in [0.05, 0.1) is 16.9 Å². The normalized spacial score (nSPS) is 13.8. The summed E-state index contributed by atoms with van der Waals surface area (Å²) in [5.74, 6) is 5.57. The van der Waals surface area contributed by atoms with Crippen molar-refractivity contribution in [2.75, 3.05) is 11.6 Å². The molecule has 0 amide bonds. The minimum Gasteiger partial charge on any atom is -0.338 e. The van der Waals surface area contributed by atoms with Gasteiger partial charge in [-0.25, -0.2) is 23.4 Å². The molecule has 1 aromatic carbocycles. The van der Waals surface area contributed by atoms with Crippen molar-refractivity contribution in [2.24, 2.45) is 21.2 Å². The van der Waals surface area contributed by atoms with E-state index in [0.717, 1.165) is 6.26 Å². The number of rotatable bonds is 1. The molecule has 1 aliphatic heterocycles. The number of nitrogens with one attached hydrogen (secondary N) is 1. The van der Waals surface area contributed by atoms with E-state index in [2.05, 4.69) is 30.6 Å². The highest BCUT2D eigenvalue weighted by molar-refractivity contribution is 7.90. The molecule has 112 valence electrons. The Morgan fingerprint density at radius 3 is 2.77 bits per heavy atom. The molecule has 0 spiro atoms. The van der Waals surface area contributed by atoms with Crippen molar-refractivity contribution in [3.63, 3.8) is 0 Å². The number of sulfone groups is 1. The molecule has 9 nitrogen and oxygen atoms in total. The Bertz CT molecular complexity index is 905. The highest BCUT2D eigenvalue weighted by atomic mass is 32.2. The maximum absolute atomic E-state index is 11.6. The lowest BCUT2D eigenvalue weighted by molar-refractivity contribution is 0.593. The molecule has 0 radical (unpaired) electrons. The van der Waals surface area contributed by atoms with Crippen molar-refractivity contribution in [1.29, 1.82) is 0 Å². The molecule has 1 aromatic heterocycles. The summed E-state index contributed by atoms with van der Waals surface area (Å²) >= 11 is 0. The second kappa shape index (κ2) is 5.15. The molecule has 0 fully saturated rings. The number of aromatic nitrogens is 2. The predicted octanol–water partition coefficient (Wildman–Crippen LogP) is 1.34. The first kappa shape index (κ1) is 14.1. The van der Waals surface area contributed by atoms with Crippen LogP contribution < -0.4 is 11.2 Å². The number of anilines is 2. The average molecular weight is 317 g/mol. The van der Waals surface area contributed by atoms with E-state index in [1.54, 1.807) is 12.1 Å². The zero-order valence-corrected chi connectivity index (χ0v) is 12.2. The van der Waals surface area contributed by atoms with Gasteiger partial charge in [-0.3, -0.25) is 0 Å². The van der Waals surface area contributed by atoms with Gasteiger partial charge >= 0.3 is 0 Å². The van der Waals surface area contributed by atoms with Gasteiger partial charge in [0.25, 0.3) is 0 Å². The SMILES string of the molecule is CS(=O)(=O)c1ncc2c(n1)Nc1ccccc1N=C2N=NN. The summed E-state index contributed by atoms with van der Waals surface area (Å²) in [5.41, 5.74) is 1.66. The van der Waals surface area contributed by atoms with Gasteiger partial charge in [0.1, 0.15) is 5.82 Å². The van der Waals surface area contributed by atoms with Crippen molar-refractivity contribution < 1.29 is 8.42 Å². The van der Waals surface area contributed by atoms with Crippen LogP contribution in [0.1, 0.15) is 5.56 Å². The van der Waals surface area contributed by atoms with Gasteiger partial charge < -0.3 is 11.2 Å². The molecule has 2 aromatic rings. The summed E-state index contributed by atoms with van der Waals surface area (Å²) in [4.78, 5) is 12.2. The fourth-order valence-corrected chi connectivity index (χ4v) is 2.41. The minimum absolute atomic E-state index is 0.190. The van der Waals surface area contributed by atoms with Gasteiger partial charge in [-0.15, -0.1) is 5.11 Å². The number of hydrogen-bond donors (Lipinski definition) is 2. The number of hydrogen-bond acceptors (Lipinski definition) is 8. The van der Waals surface area contributed by atoms with Gasteiger partial charge in [0, 0.05) is 12.5 Å². The maximum atomic E-state index is 11.6. The van der Waals surface area contributed by atoms with E-state index >= 15 is 0 Å². The van der Waals surface area contributed by atoms with Crippen molar-refractivity contribution in [3.05, 3.63) is 36.0 Å². The third-order valence-corrected chi connectivity index (χ3v) is 3.74. The number of nitrogens with two attached hydrogens (primary N) is 1. The molecule has 3 rings (SSSR count). The minimum atomic E-state index is -3.54. The number of para-hydroxylation sites is 2. The molecule has 10 heteroatoms. The maximum Gasteiger partial charge on any atom is 0.248 e. The monoisotopic (exact) mass is 317 g/mol. The van der Waals surface area contributed by atoms with Crippen LogP contribution in [-0.2, 0) is 9.84 Å². The number of nitrogens with zero attached hydrogens (tertiary/aromatic N) is 5. The van der Waals surface area contributed by atoms with Crippen LogP contribution in [0.25, 0.3) is 0 Å². The number of benzene rings is 1. The molecule has 1 aliphatic rings. The van der Waals surface area contributed by atoms with Gasteiger partial charge in [0.2, 0.25) is 15.0 Å². The molecular formula is C12H11N7O2S. The molecule has 22 heavy (non-hydrogen) atoms. The quantitative estimate of drug-likeness (QED) is 0.352. The van der Waals surface area contributed by atoms with Crippen LogP contribution >= 0.6 is 0 Å². The number of aliphatic imine (C=N–C) groups is 1. The van der Waals surface area contributed by atoms with Crippen LogP contribution in [0, 0.1) is 0 Å². The van der Waals surface area contributed by atoms with Crippen LogP contribution in [0.15, 0.2) is 50.9 Å². The van der Waals surface area contributed by atoms with E-state index in [1.165, 1.54) is 6.20 Å². The zero-order valence-electron chi connectivity index (χ0n) is 11.4. The van der Waals surface area contributed by atoms with Crippen LogP contribution in [0.3, 0.4) is 0 Å². The molecule has 0 aliphatic carbocycles. The number of fused-ring (bicyclic) bond motifs is 2.